The summed E-state index contributed by atoms with van der Waals surface area (Å²) in [5.41, 5.74) is 1.15. The number of hydrogen-bond acceptors (Lipinski definition) is 4. The first-order valence-corrected chi connectivity index (χ1v) is 7.71. The van der Waals surface area contributed by atoms with Crippen LogP contribution in [0.1, 0.15) is 35.3 Å². The van der Waals surface area contributed by atoms with Gasteiger partial charge in [-0.3, -0.25) is 4.79 Å². The van der Waals surface area contributed by atoms with E-state index in [1.165, 1.54) is 12.1 Å². The Morgan fingerprint density at radius 1 is 1.35 bits per heavy atom. The summed E-state index contributed by atoms with van der Waals surface area (Å²) in [6.45, 7) is 1.00. The lowest BCUT2D eigenvalue weighted by Crippen LogP contribution is -2.33. The van der Waals surface area contributed by atoms with E-state index in [-0.39, 0.29) is 23.5 Å². The number of benzene rings is 1. The largest absolute Gasteiger partial charge is 0.393 e. The standard InChI is InChI=1S/C16H19FN4O2/c17-13-3-1-11(2-4-13)9-21-10-15(19-20-21)16(23)18-6-5-12-7-14(22)8-12/h1-4,10,12,14,22H,5-9H2,(H,18,23). The zero-order chi connectivity index (χ0) is 16.2. The Kier molecular flexibility index (Phi) is 4.66. The van der Waals surface area contributed by atoms with Crippen molar-refractivity contribution >= 4 is 5.91 Å². The number of aromatic nitrogens is 3. The topological polar surface area (TPSA) is 80.0 Å². The Morgan fingerprint density at radius 2 is 2.09 bits per heavy atom. The molecular weight excluding hydrogens is 299 g/mol. The van der Waals surface area contributed by atoms with E-state index in [0.29, 0.717) is 19.0 Å². The van der Waals surface area contributed by atoms with Crippen LogP contribution in [0.4, 0.5) is 4.39 Å². The van der Waals surface area contributed by atoms with Crippen LogP contribution in [0.25, 0.3) is 0 Å². The average molecular weight is 318 g/mol. The SMILES string of the molecule is O=C(NCCC1CC(O)C1)c1cn(Cc2ccc(F)cc2)nn1. The van der Waals surface area contributed by atoms with Crippen molar-refractivity contribution in [2.24, 2.45) is 5.92 Å². The lowest BCUT2D eigenvalue weighted by atomic mass is 9.80. The fourth-order valence-corrected chi connectivity index (χ4v) is 2.67. The van der Waals surface area contributed by atoms with Gasteiger partial charge in [-0.2, -0.15) is 0 Å². The molecule has 3 rings (SSSR count). The zero-order valence-electron chi connectivity index (χ0n) is 12.7. The maximum atomic E-state index is 12.9. The maximum Gasteiger partial charge on any atom is 0.273 e. The number of halogens is 1. The van der Waals surface area contributed by atoms with Gasteiger partial charge in [0.15, 0.2) is 5.69 Å². The molecule has 1 aliphatic rings. The minimum Gasteiger partial charge on any atom is -0.393 e. The van der Waals surface area contributed by atoms with Crippen LogP contribution >= 0.6 is 0 Å². The van der Waals surface area contributed by atoms with Crippen molar-refractivity contribution in [2.75, 3.05) is 6.54 Å². The fraction of sp³-hybridized carbons (Fsp3) is 0.438. The van der Waals surface area contributed by atoms with Gasteiger partial charge in [-0.05, 0) is 42.9 Å². The highest BCUT2D eigenvalue weighted by atomic mass is 19.1. The molecule has 0 bridgehead atoms. The van der Waals surface area contributed by atoms with Gasteiger partial charge < -0.3 is 10.4 Å². The lowest BCUT2D eigenvalue weighted by molar-refractivity contribution is 0.0393. The van der Waals surface area contributed by atoms with Crippen LogP contribution < -0.4 is 5.32 Å². The molecule has 23 heavy (non-hydrogen) atoms. The van der Waals surface area contributed by atoms with Crippen LogP contribution in [0.15, 0.2) is 30.5 Å². The number of rotatable bonds is 6. The van der Waals surface area contributed by atoms with Crippen molar-refractivity contribution < 1.29 is 14.3 Å². The fourth-order valence-electron chi connectivity index (χ4n) is 2.67. The number of nitrogens with one attached hydrogen (secondary N) is 1. The van der Waals surface area contributed by atoms with Crippen molar-refractivity contribution in [3.05, 3.63) is 47.5 Å². The Labute approximate surface area is 133 Å². The summed E-state index contributed by atoms with van der Waals surface area (Å²) < 4.78 is 14.4. The zero-order valence-corrected chi connectivity index (χ0v) is 12.7. The van der Waals surface area contributed by atoms with Crippen LogP contribution in [-0.4, -0.2) is 38.7 Å². The first-order valence-electron chi connectivity index (χ1n) is 7.71. The minimum atomic E-state index is -0.286. The van der Waals surface area contributed by atoms with E-state index < -0.39 is 0 Å². The Bertz CT molecular complexity index is 665. The Morgan fingerprint density at radius 3 is 2.78 bits per heavy atom. The highest BCUT2D eigenvalue weighted by Crippen LogP contribution is 2.29. The Balaban J connectivity index is 1.47. The van der Waals surface area contributed by atoms with Crippen LogP contribution in [0.5, 0.6) is 0 Å². The summed E-state index contributed by atoms with van der Waals surface area (Å²) in [5.74, 6) is -0.0407. The third kappa shape index (κ3) is 4.13. The molecule has 2 aromatic rings. The highest BCUT2D eigenvalue weighted by Gasteiger charge is 2.26. The molecule has 0 spiro atoms. The minimum absolute atomic E-state index is 0.165. The second-order valence-corrected chi connectivity index (χ2v) is 5.96. The average Bonchev–Trinajstić information content (AvgIpc) is 2.96. The van der Waals surface area contributed by atoms with Gasteiger partial charge in [-0.15, -0.1) is 5.10 Å². The van der Waals surface area contributed by atoms with Gasteiger partial charge in [-0.25, -0.2) is 9.07 Å². The van der Waals surface area contributed by atoms with E-state index in [1.807, 2.05) is 0 Å². The molecule has 0 saturated heterocycles. The molecule has 0 radical (unpaired) electrons. The molecule has 1 aliphatic carbocycles. The van der Waals surface area contributed by atoms with Gasteiger partial charge in [0.2, 0.25) is 0 Å². The summed E-state index contributed by atoms with van der Waals surface area (Å²) in [4.78, 5) is 12.0. The predicted molar refractivity (Wildman–Crippen MR) is 81.2 cm³/mol. The van der Waals surface area contributed by atoms with Crippen LogP contribution in [0.3, 0.4) is 0 Å². The van der Waals surface area contributed by atoms with Crippen molar-refractivity contribution in [3.8, 4) is 0 Å². The number of aliphatic hydroxyl groups is 1. The molecule has 1 aromatic carbocycles. The van der Waals surface area contributed by atoms with Crippen molar-refractivity contribution in [1.82, 2.24) is 20.3 Å². The Hall–Kier alpha value is -2.28. The van der Waals surface area contributed by atoms with Crippen molar-refractivity contribution in [2.45, 2.75) is 31.9 Å². The third-order valence-corrected chi connectivity index (χ3v) is 4.08. The summed E-state index contributed by atoms with van der Waals surface area (Å²) >= 11 is 0. The maximum absolute atomic E-state index is 12.9. The number of hydrogen-bond donors (Lipinski definition) is 2. The third-order valence-electron chi connectivity index (χ3n) is 4.08. The first kappa shape index (κ1) is 15.6. The van der Waals surface area contributed by atoms with Gasteiger partial charge in [0.25, 0.3) is 5.91 Å². The first-order chi connectivity index (χ1) is 11.1. The molecule has 6 nitrogen and oxygen atoms in total. The molecule has 1 fully saturated rings. The number of amides is 1. The van der Waals surface area contributed by atoms with Crippen LogP contribution in [0, 0.1) is 11.7 Å². The van der Waals surface area contributed by atoms with Crippen LogP contribution in [0.2, 0.25) is 0 Å². The molecule has 7 heteroatoms. The van der Waals surface area contributed by atoms with Crippen LogP contribution in [-0.2, 0) is 6.54 Å². The second kappa shape index (κ2) is 6.87. The summed E-state index contributed by atoms with van der Waals surface area (Å²) in [6, 6.07) is 6.11. The summed E-state index contributed by atoms with van der Waals surface area (Å²) in [5, 5.41) is 19.8. The van der Waals surface area contributed by atoms with Crippen molar-refractivity contribution in [1.29, 1.82) is 0 Å². The van der Waals surface area contributed by atoms with Gasteiger partial charge in [0.1, 0.15) is 5.82 Å². The predicted octanol–water partition coefficient (Wildman–Crippen LogP) is 1.36. The molecule has 2 N–H and O–H groups in total. The monoisotopic (exact) mass is 318 g/mol. The van der Waals surface area contributed by atoms with Gasteiger partial charge in [0, 0.05) is 6.54 Å². The van der Waals surface area contributed by atoms with E-state index in [9.17, 15) is 14.3 Å². The second-order valence-electron chi connectivity index (χ2n) is 5.96. The van der Waals surface area contributed by atoms with Gasteiger partial charge >= 0.3 is 0 Å². The smallest absolute Gasteiger partial charge is 0.273 e. The summed E-state index contributed by atoms with van der Waals surface area (Å²) in [7, 11) is 0. The summed E-state index contributed by atoms with van der Waals surface area (Å²) in [6.07, 6.45) is 3.92. The quantitative estimate of drug-likeness (QED) is 0.843. The van der Waals surface area contributed by atoms with E-state index in [4.69, 9.17) is 0 Å². The molecule has 0 aliphatic heterocycles. The molecule has 0 unspecified atom stereocenters. The lowest BCUT2D eigenvalue weighted by Gasteiger charge is -2.31. The van der Waals surface area contributed by atoms with Crippen molar-refractivity contribution in [3.63, 3.8) is 0 Å². The normalized spacial score (nSPS) is 20.1. The van der Waals surface area contributed by atoms with Gasteiger partial charge in [-0.1, -0.05) is 17.3 Å². The van der Waals surface area contributed by atoms with E-state index in [1.54, 1.807) is 23.0 Å². The van der Waals surface area contributed by atoms with Gasteiger partial charge in [0.05, 0.1) is 18.8 Å². The molecule has 1 amide bonds. The number of nitrogens with zero attached hydrogens (tertiary/aromatic N) is 3. The van der Waals surface area contributed by atoms with E-state index in [2.05, 4.69) is 15.6 Å². The molecule has 1 saturated carbocycles. The molecule has 1 aromatic heterocycles. The highest BCUT2D eigenvalue weighted by molar-refractivity contribution is 5.91. The number of carbonyl (C=O) groups is 1. The van der Waals surface area contributed by atoms with E-state index in [0.717, 1.165) is 24.8 Å². The van der Waals surface area contributed by atoms with E-state index >= 15 is 0 Å². The molecule has 0 atom stereocenters. The number of carbonyl (C=O) groups excluding carboxylic acids is 1. The molecule has 122 valence electrons. The number of aliphatic hydroxyl groups excluding tert-OH is 1. The molecular formula is C16H19FN4O2. The molecule has 1 heterocycles.